The van der Waals surface area contributed by atoms with Crippen LogP contribution in [0.4, 0.5) is 0 Å². The highest BCUT2D eigenvalue weighted by Crippen LogP contribution is 2.22. The van der Waals surface area contributed by atoms with Gasteiger partial charge in [0.2, 0.25) is 0 Å². The van der Waals surface area contributed by atoms with E-state index in [0.717, 1.165) is 32.6 Å². The van der Waals surface area contributed by atoms with Crippen molar-refractivity contribution in [3.8, 4) is 0 Å². The molecule has 0 atom stereocenters. The van der Waals surface area contributed by atoms with E-state index in [1.807, 2.05) is 0 Å². The maximum Gasteiger partial charge on any atom is 0.0484 e. The van der Waals surface area contributed by atoms with Crippen molar-refractivity contribution < 1.29 is 4.74 Å². The lowest BCUT2D eigenvalue weighted by atomic mass is 9.92. The van der Waals surface area contributed by atoms with E-state index in [0.29, 0.717) is 5.88 Å². The lowest BCUT2D eigenvalue weighted by Crippen LogP contribution is -2.51. The summed E-state index contributed by atoms with van der Waals surface area (Å²) in [7, 11) is 0. The molecule has 1 N–H and O–H groups in total. The summed E-state index contributed by atoms with van der Waals surface area (Å²) in [5, 5.41) is 3.67. The number of alkyl halides is 1. The van der Waals surface area contributed by atoms with Crippen LogP contribution in [0.15, 0.2) is 0 Å². The van der Waals surface area contributed by atoms with Gasteiger partial charge >= 0.3 is 0 Å². The SMILES string of the molecule is ClCC1(NCCCN2CCCC2)CCOCC1. The maximum atomic E-state index is 6.11. The molecule has 2 heterocycles. The molecule has 0 amide bonds. The minimum Gasteiger partial charge on any atom is -0.381 e. The molecular weight excluding hydrogens is 236 g/mol. The molecule has 0 unspecified atom stereocenters. The van der Waals surface area contributed by atoms with Gasteiger partial charge in [-0.2, -0.15) is 0 Å². The summed E-state index contributed by atoms with van der Waals surface area (Å²) in [6.45, 7) is 6.63. The lowest BCUT2D eigenvalue weighted by molar-refractivity contribution is 0.0464. The smallest absolute Gasteiger partial charge is 0.0484 e. The summed E-state index contributed by atoms with van der Waals surface area (Å²) in [5.74, 6) is 0.708. The topological polar surface area (TPSA) is 24.5 Å². The van der Waals surface area contributed by atoms with Crippen molar-refractivity contribution >= 4 is 11.6 Å². The number of ether oxygens (including phenoxy) is 1. The van der Waals surface area contributed by atoms with Crippen molar-refractivity contribution in [3.05, 3.63) is 0 Å². The van der Waals surface area contributed by atoms with E-state index in [1.54, 1.807) is 0 Å². The molecule has 2 saturated heterocycles. The quantitative estimate of drug-likeness (QED) is 0.583. The molecule has 0 aromatic rings. The minimum atomic E-state index is 0.144. The fraction of sp³-hybridized carbons (Fsp3) is 1.00. The Morgan fingerprint density at radius 2 is 1.88 bits per heavy atom. The second-order valence-electron chi connectivity index (χ2n) is 5.36. The molecule has 0 aliphatic carbocycles. The zero-order chi connectivity index (χ0) is 12.0. The Hall–Kier alpha value is 0.170. The van der Waals surface area contributed by atoms with Gasteiger partial charge in [0.25, 0.3) is 0 Å². The monoisotopic (exact) mass is 260 g/mol. The molecule has 2 aliphatic heterocycles. The first kappa shape index (κ1) is 13.6. The first-order valence-electron chi connectivity index (χ1n) is 6.96. The summed E-state index contributed by atoms with van der Waals surface area (Å²) in [6, 6.07) is 0. The van der Waals surface area contributed by atoms with E-state index in [2.05, 4.69) is 10.2 Å². The van der Waals surface area contributed by atoms with Crippen molar-refractivity contribution in [2.24, 2.45) is 0 Å². The summed E-state index contributed by atoms with van der Waals surface area (Å²) in [4.78, 5) is 2.57. The van der Waals surface area contributed by atoms with Crippen LogP contribution in [-0.2, 0) is 4.74 Å². The third kappa shape index (κ3) is 4.09. The maximum absolute atomic E-state index is 6.11. The first-order valence-corrected chi connectivity index (χ1v) is 7.49. The fourth-order valence-electron chi connectivity index (χ4n) is 2.78. The summed E-state index contributed by atoms with van der Waals surface area (Å²) in [6.07, 6.45) is 6.12. The van der Waals surface area contributed by atoms with E-state index >= 15 is 0 Å². The highest BCUT2D eigenvalue weighted by atomic mass is 35.5. The highest BCUT2D eigenvalue weighted by molar-refractivity contribution is 6.18. The average Bonchev–Trinajstić information content (AvgIpc) is 2.89. The van der Waals surface area contributed by atoms with Gasteiger partial charge in [-0.25, -0.2) is 0 Å². The molecule has 17 heavy (non-hydrogen) atoms. The molecule has 2 rings (SSSR count). The van der Waals surface area contributed by atoms with Crippen molar-refractivity contribution in [3.63, 3.8) is 0 Å². The van der Waals surface area contributed by atoms with Gasteiger partial charge in [-0.05, 0) is 58.3 Å². The Labute approximate surface area is 110 Å². The second-order valence-corrected chi connectivity index (χ2v) is 5.62. The van der Waals surface area contributed by atoms with E-state index in [4.69, 9.17) is 16.3 Å². The average molecular weight is 261 g/mol. The number of hydrogen-bond donors (Lipinski definition) is 1. The van der Waals surface area contributed by atoms with E-state index < -0.39 is 0 Å². The standard InChI is InChI=1S/C13H25ClN2O/c14-12-13(4-10-17-11-5-13)15-6-3-9-16-7-1-2-8-16/h15H,1-12H2. The number of rotatable bonds is 6. The Morgan fingerprint density at radius 1 is 1.18 bits per heavy atom. The first-order chi connectivity index (χ1) is 8.35. The predicted octanol–water partition coefficient (Wildman–Crippen LogP) is 1.85. The third-order valence-corrected chi connectivity index (χ3v) is 4.57. The van der Waals surface area contributed by atoms with Crippen LogP contribution in [0.2, 0.25) is 0 Å². The van der Waals surface area contributed by atoms with Gasteiger partial charge in [-0.15, -0.1) is 11.6 Å². The van der Waals surface area contributed by atoms with Crippen LogP contribution in [0.1, 0.15) is 32.1 Å². The van der Waals surface area contributed by atoms with Gasteiger partial charge in [-0.1, -0.05) is 0 Å². The summed E-state index contributed by atoms with van der Waals surface area (Å²) >= 11 is 6.11. The summed E-state index contributed by atoms with van der Waals surface area (Å²) < 4.78 is 5.41. The molecule has 0 aromatic carbocycles. The third-order valence-electron chi connectivity index (χ3n) is 4.06. The normalized spacial score (nSPS) is 25.2. The summed E-state index contributed by atoms with van der Waals surface area (Å²) in [5.41, 5.74) is 0.144. The van der Waals surface area contributed by atoms with Gasteiger partial charge in [0.15, 0.2) is 0 Å². The molecular formula is C13H25ClN2O. The van der Waals surface area contributed by atoms with Gasteiger partial charge in [0.1, 0.15) is 0 Å². The zero-order valence-electron chi connectivity index (χ0n) is 10.7. The largest absolute Gasteiger partial charge is 0.381 e. The van der Waals surface area contributed by atoms with Crippen LogP contribution < -0.4 is 5.32 Å². The molecule has 0 radical (unpaired) electrons. The fourth-order valence-corrected chi connectivity index (χ4v) is 3.14. The Bertz CT molecular complexity index is 213. The number of halogens is 1. The number of nitrogens with one attached hydrogen (secondary N) is 1. The molecule has 2 aliphatic rings. The molecule has 0 spiro atoms. The van der Waals surface area contributed by atoms with Crippen LogP contribution >= 0.6 is 11.6 Å². The van der Waals surface area contributed by atoms with Gasteiger partial charge in [0.05, 0.1) is 0 Å². The van der Waals surface area contributed by atoms with Gasteiger partial charge in [0, 0.05) is 24.6 Å². The van der Waals surface area contributed by atoms with E-state index in [9.17, 15) is 0 Å². The van der Waals surface area contributed by atoms with E-state index in [1.165, 1.54) is 38.9 Å². The number of hydrogen-bond acceptors (Lipinski definition) is 3. The van der Waals surface area contributed by atoms with Crippen molar-refractivity contribution in [1.29, 1.82) is 0 Å². The Balaban J connectivity index is 1.61. The Kier molecular flexibility index (Phi) is 5.54. The molecule has 0 aromatic heterocycles. The van der Waals surface area contributed by atoms with Crippen molar-refractivity contribution in [2.45, 2.75) is 37.6 Å². The van der Waals surface area contributed by atoms with Gasteiger partial charge < -0.3 is 15.0 Å². The van der Waals surface area contributed by atoms with Crippen LogP contribution in [0.3, 0.4) is 0 Å². The molecule has 4 heteroatoms. The minimum absolute atomic E-state index is 0.144. The van der Waals surface area contributed by atoms with Crippen molar-refractivity contribution in [2.75, 3.05) is 45.3 Å². The zero-order valence-corrected chi connectivity index (χ0v) is 11.5. The highest BCUT2D eigenvalue weighted by Gasteiger charge is 2.30. The molecule has 0 saturated carbocycles. The van der Waals surface area contributed by atoms with Crippen LogP contribution in [0.5, 0.6) is 0 Å². The number of nitrogens with zero attached hydrogens (tertiary/aromatic N) is 1. The molecule has 0 bridgehead atoms. The van der Waals surface area contributed by atoms with Crippen LogP contribution in [-0.4, -0.2) is 55.7 Å². The molecule has 2 fully saturated rings. The van der Waals surface area contributed by atoms with Crippen molar-refractivity contribution in [1.82, 2.24) is 10.2 Å². The molecule has 100 valence electrons. The van der Waals surface area contributed by atoms with Crippen LogP contribution in [0.25, 0.3) is 0 Å². The lowest BCUT2D eigenvalue weighted by Gasteiger charge is -2.36. The predicted molar refractivity (Wildman–Crippen MR) is 71.8 cm³/mol. The number of likely N-dealkylation sites (tertiary alicyclic amines) is 1. The molecule has 3 nitrogen and oxygen atoms in total. The Morgan fingerprint density at radius 3 is 2.53 bits per heavy atom. The van der Waals surface area contributed by atoms with Crippen LogP contribution in [0, 0.1) is 0 Å². The second kappa shape index (κ2) is 6.93. The van der Waals surface area contributed by atoms with Gasteiger partial charge in [-0.3, -0.25) is 0 Å². The van der Waals surface area contributed by atoms with E-state index in [-0.39, 0.29) is 5.54 Å².